The maximum atomic E-state index is 12.5. The van der Waals surface area contributed by atoms with E-state index in [1.54, 1.807) is 12.1 Å². The predicted molar refractivity (Wildman–Crippen MR) is 94.9 cm³/mol. The summed E-state index contributed by atoms with van der Waals surface area (Å²) in [5.41, 5.74) is 1.82. The number of ether oxygens (including phenoxy) is 1. The van der Waals surface area contributed by atoms with Gasteiger partial charge in [0, 0.05) is 13.0 Å². The van der Waals surface area contributed by atoms with Gasteiger partial charge in [0.05, 0.1) is 12.7 Å². The molecule has 0 saturated heterocycles. The summed E-state index contributed by atoms with van der Waals surface area (Å²) in [6, 6.07) is 7.23. The number of amides is 1. The number of rotatable bonds is 5. The Bertz CT molecular complexity index is 629. The van der Waals surface area contributed by atoms with Crippen LogP contribution in [0.25, 0.3) is 0 Å². The van der Waals surface area contributed by atoms with Crippen LogP contribution in [0.1, 0.15) is 60.9 Å². The molecule has 25 heavy (non-hydrogen) atoms. The first-order valence-electron chi connectivity index (χ1n) is 9.49. The van der Waals surface area contributed by atoms with E-state index in [0.717, 1.165) is 23.3 Å². The van der Waals surface area contributed by atoms with Crippen LogP contribution in [-0.2, 0) is 16.1 Å². The van der Waals surface area contributed by atoms with Crippen molar-refractivity contribution in [3.8, 4) is 0 Å². The number of esters is 1. The van der Waals surface area contributed by atoms with Crippen LogP contribution in [0.4, 0.5) is 0 Å². The number of hydrogen-bond donors (Lipinski definition) is 1. The first kappa shape index (κ1) is 16.6. The fourth-order valence-corrected chi connectivity index (χ4v) is 5.99. The number of benzene rings is 1. The Morgan fingerprint density at radius 1 is 1.04 bits per heavy atom. The molecule has 4 nitrogen and oxygen atoms in total. The topological polar surface area (TPSA) is 55.4 Å². The van der Waals surface area contributed by atoms with Crippen LogP contribution in [0.3, 0.4) is 0 Å². The van der Waals surface area contributed by atoms with Crippen LogP contribution in [0.15, 0.2) is 24.3 Å². The van der Waals surface area contributed by atoms with Crippen LogP contribution < -0.4 is 5.32 Å². The van der Waals surface area contributed by atoms with E-state index in [4.69, 9.17) is 4.74 Å². The minimum atomic E-state index is -0.336. The van der Waals surface area contributed by atoms with E-state index in [-0.39, 0.29) is 17.3 Å². The van der Waals surface area contributed by atoms with Gasteiger partial charge in [0.1, 0.15) is 0 Å². The van der Waals surface area contributed by atoms with Crippen LogP contribution in [0.2, 0.25) is 0 Å². The van der Waals surface area contributed by atoms with Crippen molar-refractivity contribution < 1.29 is 14.3 Å². The zero-order chi connectivity index (χ0) is 17.4. The molecule has 0 aromatic heterocycles. The highest BCUT2D eigenvalue weighted by Crippen LogP contribution is 2.61. The van der Waals surface area contributed by atoms with Gasteiger partial charge < -0.3 is 10.1 Å². The maximum absolute atomic E-state index is 12.5. The number of methoxy groups -OCH3 is 1. The van der Waals surface area contributed by atoms with Crippen molar-refractivity contribution >= 4 is 11.9 Å². The summed E-state index contributed by atoms with van der Waals surface area (Å²) in [5, 5.41) is 3.08. The molecule has 4 aliphatic carbocycles. The van der Waals surface area contributed by atoms with Crippen molar-refractivity contribution in [2.45, 2.75) is 51.5 Å². The Balaban J connectivity index is 1.31. The normalized spacial score (nSPS) is 32.4. The second-order valence-electron chi connectivity index (χ2n) is 8.56. The summed E-state index contributed by atoms with van der Waals surface area (Å²) in [7, 11) is 1.38. The number of carbonyl (C=O) groups excluding carboxylic acids is 2. The summed E-state index contributed by atoms with van der Waals surface area (Å²) >= 11 is 0. The fraction of sp³-hybridized carbons (Fsp3) is 0.619. The molecular formula is C21H27NO3. The standard InChI is InChI=1S/C21H27NO3/c1-25-20(24)18-4-2-14(3-5-18)13-22-19(23)12-21-9-15-6-16(10-21)8-17(7-15)11-21/h2-5,15-17H,6-13H2,1H3,(H,22,23). The molecule has 0 unspecified atom stereocenters. The summed E-state index contributed by atoms with van der Waals surface area (Å²) in [4.78, 5) is 24.0. The highest BCUT2D eigenvalue weighted by molar-refractivity contribution is 5.89. The third-order valence-corrected chi connectivity index (χ3v) is 6.57. The molecule has 1 N–H and O–H groups in total. The van der Waals surface area contributed by atoms with E-state index in [1.807, 2.05) is 12.1 Å². The minimum absolute atomic E-state index is 0.180. The molecule has 0 atom stereocenters. The fourth-order valence-electron chi connectivity index (χ4n) is 5.99. The Morgan fingerprint density at radius 2 is 1.60 bits per heavy atom. The lowest BCUT2D eigenvalue weighted by molar-refractivity contribution is -0.129. The molecule has 5 rings (SSSR count). The molecule has 0 spiro atoms. The highest BCUT2D eigenvalue weighted by Gasteiger charge is 2.51. The van der Waals surface area contributed by atoms with Gasteiger partial charge in [-0.3, -0.25) is 4.79 Å². The SMILES string of the molecule is COC(=O)c1ccc(CNC(=O)CC23CC4CC(CC(C4)C2)C3)cc1. The van der Waals surface area contributed by atoms with Gasteiger partial charge in [-0.1, -0.05) is 12.1 Å². The molecule has 4 aliphatic rings. The Labute approximate surface area is 149 Å². The van der Waals surface area contributed by atoms with Crippen molar-refractivity contribution in [1.29, 1.82) is 0 Å². The van der Waals surface area contributed by atoms with Gasteiger partial charge in [-0.15, -0.1) is 0 Å². The first-order valence-corrected chi connectivity index (χ1v) is 9.49. The van der Waals surface area contributed by atoms with E-state index < -0.39 is 0 Å². The molecule has 4 saturated carbocycles. The van der Waals surface area contributed by atoms with E-state index >= 15 is 0 Å². The third kappa shape index (κ3) is 3.44. The summed E-state index contributed by atoms with van der Waals surface area (Å²) in [6.45, 7) is 0.520. The minimum Gasteiger partial charge on any atom is -0.465 e. The number of nitrogens with one attached hydrogen (secondary N) is 1. The van der Waals surface area contributed by atoms with Crippen molar-refractivity contribution in [2.24, 2.45) is 23.2 Å². The van der Waals surface area contributed by atoms with E-state index in [1.165, 1.54) is 45.6 Å². The second-order valence-corrected chi connectivity index (χ2v) is 8.56. The molecule has 0 aliphatic heterocycles. The van der Waals surface area contributed by atoms with Crippen LogP contribution >= 0.6 is 0 Å². The molecule has 0 radical (unpaired) electrons. The van der Waals surface area contributed by atoms with Gasteiger partial charge in [0.25, 0.3) is 0 Å². The van der Waals surface area contributed by atoms with Crippen molar-refractivity contribution in [2.75, 3.05) is 7.11 Å². The average Bonchev–Trinajstić information content (AvgIpc) is 2.58. The summed E-state index contributed by atoms with van der Waals surface area (Å²) in [5.74, 6) is 2.48. The zero-order valence-corrected chi connectivity index (χ0v) is 14.9. The summed E-state index contributed by atoms with van der Waals surface area (Å²) < 4.78 is 4.70. The van der Waals surface area contributed by atoms with Gasteiger partial charge in [-0.05, 0) is 79.4 Å². The van der Waals surface area contributed by atoms with Crippen LogP contribution in [0, 0.1) is 23.2 Å². The Kier molecular flexibility index (Phi) is 4.30. The monoisotopic (exact) mass is 341 g/mol. The van der Waals surface area contributed by atoms with Crippen LogP contribution in [0.5, 0.6) is 0 Å². The van der Waals surface area contributed by atoms with E-state index in [9.17, 15) is 9.59 Å². The number of hydrogen-bond acceptors (Lipinski definition) is 3. The number of carbonyl (C=O) groups is 2. The molecule has 4 fully saturated rings. The lowest BCUT2D eigenvalue weighted by Gasteiger charge is -2.56. The quantitative estimate of drug-likeness (QED) is 0.831. The van der Waals surface area contributed by atoms with Gasteiger partial charge in [-0.2, -0.15) is 0 Å². The predicted octanol–water partition coefficient (Wildman–Crippen LogP) is 3.70. The molecule has 4 heteroatoms. The Morgan fingerprint density at radius 3 is 2.12 bits per heavy atom. The third-order valence-electron chi connectivity index (χ3n) is 6.57. The molecule has 4 bridgehead atoms. The van der Waals surface area contributed by atoms with E-state index in [0.29, 0.717) is 18.5 Å². The largest absolute Gasteiger partial charge is 0.465 e. The summed E-state index contributed by atoms with van der Waals surface area (Å²) in [6.07, 6.45) is 8.71. The molecule has 1 amide bonds. The smallest absolute Gasteiger partial charge is 0.337 e. The van der Waals surface area contributed by atoms with Crippen molar-refractivity contribution in [3.63, 3.8) is 0 Å². The van der Waals surface area contributed by atoms with Crippen molar-refractivity contribution in [1.82, 2.24) is 5.32 Å². The molecule has 0 heterocycles. The van der Waals surface area contributed by atoms with Gasteiger partial charge in [-0.25, -0.2) is 4.79 Å². The van der Waals surface area contributed by atoms with E-state index in [2.05, 4.69) is 5.32 Å². The lowest BCUT2D eigenvalue weighted by Crippen LogP contribution is -2.47. The Hall–Kier alpha value is -1.84. The molecular weight excluding hydrogens is 314 g/mol. The zero-order valence-electron chi connectivity index (χ0n) is 14.9. The maximum Gasteiger partial charge on any atom is 0.337 e. The molecule has 1 aromatic rings. The van der Waals surface area contributed by atoms with Gasteiger partial charge in [0.2, 0.25) is 5.91 Å². The van der Waals surface area contributed by atoms with Gasteiger partial charge >= 0.3 is 5.97 Å². The highest BCUT2D eigenvalue weighted by atomic mass is 16.5. The second kappa shape index (κ2) is 6.47. The van der Waals surface area contributed by atoms with Crippen molar-refractivity contribution in [3.05, 3.63) is 35.4 Å². The lowest BCUT2D eigenvalue weighted by atomic mass is 9.49. The average molecular weight is 341 g/mol. The first-order chi connectivity index (χ1) is 12.0. The van der Waals surface area contributed by atoms with Gasteiger partial charge in [0.15, 0.2) is 0 Å². The molecule has 134 valence electrons. The molecule has 1 aromatic carbocycles. The van der Waals surface area contributed by atoms with Crippen LogP contribution in [-0.4, -0.2) is 19.0 Å².